The lowest BCUT2D eigenvalue weighted by Gasteiger charge is -2.36. The Morgan fingerprint density at radius 1 is 1.33 bits per heavy atom. The number of hydrogen-bond acceptors (Lipinski definition) is 7. The van der Waals surface area contributed by atoms with Crippen LogP contribution in [0.4, 0.5) is 4.79 Å². The van der Waals surface area contributed by atoms with Crippen LogP contribution in [0.3, 0.4) is 0 Å². The maximum atomic E-state index is 12.4. The van der Waals surface area contributed by atoms with Crippen LogP contribution in [-0.4, -0.2) is 70.1 Å². The van der Waals surface area contributed by atoms with Gasteiger partial charge >= 0.3 is 6.09 Å². The van der Waals surface area contributed by atoms with Crippen molar-refractivity contribution < 1.29 is 19.4 Å². The van der Waals surface area contributed by atoms with Gasteiger partial charge in [0.15, 0.2) is 0 Å². The first kappa shape index (κ1) is 22.0. The summed E-state index contributed by atoms with van der Waals surface area (Å²) in [6, 6.07) is 4.65. The Morgan fingerprint density at radius 2 is 2.10 bits per heavy atom. The number of carbonyl (C=O) groups is 1. The highest BCUT2D eigenvalue weighted by molar-refractivity contribution is 5.75. The van der Waals surface area contributed by atoms with Crippen LogP contribution in [-0.2, 0) is 11.3 Å². The third-order valence-corrected chi connectivity index (χ3v) is 5.06. The molecule has 0 bridgehead atoms. The van der Waals surface area contributed by atoms with E-state index in [-0.39, 0.29) is 11.6 Å². The number of ether oxygens (including phenoxy) is 2. The molecule has 2 aromatic heterocycles. The van der Waals surface area contributed by atoms with Crippen LogP contribution in [0.25, 0.3) is 11.0 Å². The van der Waals surface area contributed by atoms with E-state index in [0.717, 1.165) is 5.52 Å². The number of amides is 1. The Kier molecular flexibility index (Phi) is 6.62. The second-order valence-corrected chi connectivity index (χ2v) is 8.51. The molecule has 1 fully saturated rings. The molecule has 1 amide bonds. The molecule has 30 heavy (non-hydrogen) atoms. The minimum Gasteiger partial charge on any atom is -0.495 e. The minimum atomic E-state index is -0.711. The van der Waals surface area contributed by atoms with Gasteiger partial charge in [-0.1, -0.05) is 0 Å². The predicted molar refractivity (Wildman–Crippen MR) is 113 cm³/mol. The molecular weight excluding hydrogens is 388 g/mol. The Morgan fingerprint density at radius 3 is 2.77 bits per heavy atom. The molecule has 1 aliphatic rings. The van der Waals surface area contributed by atoms with Crippen LogP contribution in [0.2, 0.25) is 0 Å². The zero-order valence-electron chi connectivity index (χ0n) is 17.9. The lowest BCUT2D eigenvalue weighted by molar-refractivity contribution is 0.0194. The highest BCUT2D eigenvalue weighted by atomic mass is 16.6. The maximum Gasteiger partial charge on any atom is 0.407 e. The number of likely N-dealkylation sites (tertiary alicyclic amines) is 1. The van der Waals surface area contributed by atoms with Crippen molar-refractivity contribution in [3.63, 3.8) is 0 Å². The fourth-order valence-corrected chi connectivity index (χ4v) is 3.56. The van der Waals surface area contributed by atoms with Gasteiger partial charge in [-0.3, -0.25) is 14.7 Å². The fourth-order valence-electron chi connectivity index (χ4n) is 3.56. The van der Waals surface area contributed by atoms with E-state index in [4.69, 9.17) is 9.47 Å². The van der Waals surface area contributed by atoms with E-state index in [0.29, 0.717) is 43.9 Å². The molecule has 0 aromatic carbocycles. The van der Waals surface area contributed by atoms with Crippen LogP contribution < -0.4 is 15.6 Å². The first-order valence-corrected chi connectivity index (χ1v) is 10.1. The number of aliphatic hydroxyl groups is 1. The van der Waals surface area contributed by atoms with Crippen molar-refractivity contribution >= 4 is 17.1 Å². The third kappa shape index (κ3) is 5.48. The summed E-state index contributed by atoms with van der Waals surface area (Å²) in [6.45, 7) is 7.54. The van der Waals surface area contributed by atoms with E-state index in [9.17, 15) is 14.7 Å². The number of aliphatic hydroxyl groups excluding tert-OH is 1. The van der Waals surface area contributed by atoms with Gasteiger partial charge in [-0.2, -0.15) is 0 Å². The number of pyridine rings is 2. The molecule has 1 unspecified atom stereocenters. The van der Waals surface area contributed by atoms with E-state index in [2.05, 4.69) is 15.2 Å². The summed E-state index contributed by atoms with van der Waals surface area (Å²) in [6.07, 6.45) is 0.983. The lowest BCUT2D eigenvalue weighted by atomic mass is 10.0. The second kappa shape index (κ2) is 9.01. The summed E-state index contributed by atoms with van der Waals surface area (Å²) in [5, 5.41) is 13.2. The van der Waals surface area contributed by atoms with Crippen molar-refractivity contribution in [3.05, 3.63) is 34.7 Å². The van der Waals surface area contributed by atoms with Gasteiger partial charge in [0, 0.05) is 38.3 Å². The second-order valence-electron chi connectivity index (χ2n) is 8.51. The predicted octanol–water partition coefficient (Wildman–Crippen LogP) is 1.36. The summed E-state index contributed by atoms with van der Waals surface area (Å²) in [7, 11) is 1.56. The summed E-state index contributed by atoms with van der Waals surface area (Å²) in [5.41, 5.74) is 0.734. The quantitative estimate of drug-likeness (QED) is 0.755. The number of alkyl carbamates (subject to hydrolysis) is 1. The summed E-state index contributed by atoms with van der Waals surface area (Å²) < 4.78 is 12.2. The largest absolute Gasteiger partial charge is 0.495 e. The lowest BCUT2D eigenvalue weighted by Crippen LogP contribution is -2.55. The maximum absolute atomic E-state index is 12.4. The van der Waals surface area contributed by atoms with Crippen molar-refractivity contribution in [2.45, 2.75) is 51.5 Å². The number of methoxy groups -OCH3 is 1. The molecule has 3 heterocycles. The van der Waals surface area contributed by atoms with Gasteiger partial charge in [-0.05, 0) is 33.3 Å². The number of rotatable bonds is 5. The van der Waals surface area contributed by atoms with Gasteiger partial charge in [0.2, 0.25) is 0 Å². The number of nitrogens with zero attached hydrogens (tertiary/aromatic N) is 3. The smallest absolute Gasteiger partial charge is 0.407 e. The molecule has 3 rings (SSSR count). The van der Waals surface area contributed by atoms with Gasteiger partial charge in [-0.15, -0.1) is 0 Å². The summed E-state index contributed by atoms with van der Waals surface area (Å²) in [5.74, 6) is 0.589. The molecular formula is C21H30N4O5. The standard InChI is InChI=1S/C21H30N4O5/c1-21(2,3)30-20(28)23-16-7-8-24(13-18(16)26)9-10-25-17-11-14(29-4)12-22-15(17)5-6-19(25)27/h5-6,11-12,16,18,26H,7-10,13H2,1-4H3,(H,23,28)/t16?,18-/m1/s1. The van der Waals surface area contributed by atoms with Crippen molar-refractivity contribution in [2.75, 3.05) is 26.7 Å². The molecule has 2 aromatic rings. The van der Waals surface area contributed by atoms with Crippen molar-refractivity contribution in [1.82, 2.24) is 19.8 Å². The minimum absolute atomic E-state index is 0.112. The molecule has 9 nitrogen and oxygen atoms in total. The Bertz CT molecular complexity index is 953. The number of piperidine rings is 1. The van der Waals surface area contributed by atoms with Gasteiger partial charge in [0.05, 0.1) is 36.5 Å². The van der Waals surface area contributed by atoms with E-state index < -0.39 is 17.8 Å². The van der Waals surface area contributed by atoms with Crippen LogP contribution in [0.1, 0.15) is 27.2 Å². The highest BCUT2D eigenvalue weighted by Crippen LogP contribution is 2.17. The first-order chi connectivity index (χ1) is 14.2. The number of nitrogens with one attached hydrogen (secondary N) is 1. The number of carbonyl (C=O) groups excluding carboxylic acids is 1. The van der Waals surface area contributed by atoms with Crippen LogP contribution in [0.15, 0.2) is 29.2 Å². The Labute approximate surface area is 175 Å². The fraction of sp³-hybridized carbons (Fsp3) is 0.571. The van der Waals surface area contributed by atoms with Crippen LogP contribution >= 0.6 is 0 Å². The molecule has 1 aliphatic heterocycles. The Balaban J connectivity index is 1.61. The zero-order chi connectivity index (χ0) is 21.9. The van der Waals surface area contributed by atoms with Crippen LogP contribution in [0, 0.1) is 0 Å². The normalized spacial score (nSPS) is 20.2. The van der Waals surface area contributed by atoms with Crippen molar-refractivity contribution in [1.29, 1.82) is 0 Å². The zero-order valence-corrected chi connectivity index (χ0v) is 17.9. The Hall–Kier alpha value is -2.65. The summed E-state index contributed by atoms with van der Waals surface area (Å²) >= 11 is 0. The molecule has 164 valence electrons. The molecule has 1 saturated heterocycles. The number of fused-ring (bicyclic) bond motifs is 1. The topological polar surface area (TPSA) is 106 Å². The molecule has 0 radical (unpaired) electrons. The molecule has 0 spiro atoms. The van der Waals surface area contributed by atoms with E-state index in [1.807, 2.05) is 0 Å². The number of hydrogen-bond donors (Lipinski definition) is 2. The highest BCUT2D eigenvalue weighted by Gasteiger charge is 2.30. The van der Waals surface area contributed by atoms with E-state index in [1.165, 1.54) is 6.07 Å². The van der Waals surface area contributed by atoms with Gasteiger partial charge in [0.1, 0.15) is 11.4 Å². The average molecular weight is 418 g/mol. The van der Waals surface area contributed by atoms with Crippen LogP contribution in [0.5, 0.6) is 5.75 Å². The number of aromatic nitrogens is 2. The monoisotopic (exact) mass is 418 g/mol. The molecule has 0 saturated carbocycles. The molecule has 2 N–H and O–H groups in total. The van der Waals surface area contributed by atoms with Crippen molar-refractivity contribution in [2.24, 2.45) is 0 Å². The van der Waals surface area contributed by atoms with Gasteiger partial charge in [0.25, 0.3) is 5.56 Å². The molecule has 0 aliphatic carbocycles. The first-order valence-electron chi connectivity index (χ1n) is 10.1. The van der Waals surface area contributed by atoms with E-state index >= 15 is 0 Å². The van der Waals surface area contributed by atoms with Gasteiger partial charge in [-0.25, -0.2) is 4.79 Å². The number of β-amino-alcohol motifs (C(OH)–C–C–N with tert-alkyl or cyclic N) is 1. The van der Waals surface area contributed by atoms with E-state index in [1.54, 1.807) is 50.8 Å². The summed E-state index contributed by atoms with van der Waals surface area (Å²) in [4.78, 5) is 30.8. The van der Waals surface area contributed by atoms with Gasteiger partial charge < -0.3 is 24.5 Å². The van der Waals surface area contributed by atoms with Crippen molar-refractivity contribution in [3.8, 4) is 5.75 Å². The molecule has 9 heteroatoms. The third-order valence-electron chi connectivity index (χ3n) is 5.06. The SMILES string of the molecule is COc1cnc2ccc(=O)n(CCN3CCC(NC(=O)OC(C)(C)C)[C@H](O)C3)c2c1. The molecule has 2 atom stereocenters. The average Bonchev–Trinajstić information content (AvgIpc) is 2.67.